The van der Waals surface area contributed by atoms with Gasteiger partial charge in [-0.25, -0.2) is 9.18 Å². The summed E-state index contributed by atoms with van der Waals surface area (Å²) < 4.78 is 17.9. The minimum absolute atomic E-state index is 0.221. The standard InChI is InChI=1S/C13H13FO3/c1-2-17-13(16)12-7-6-11(14)9-10(12)5-3-4-8-15/h3,5-9H,2,4H2,1H3. The van der Waals surface area contributed by atoms with Gasteiger partial charge < -0.3 is 9.53 Å². The Morgan fingerprint density at radius 1 is 1.47 bits per heavy atom. The van der Waals surface area contributed by atoms with Crippen LogP contribution in [0.5, 0.6) is 0 Å². The fourth-order valence-electron chi connectivity index (χ4n) is 1.32. The van der Waals surface area contributed by atoms with Gasteiger partial charge in [0.25, 0.3) is 0 Å². The molecule has 0 saturated heterocycles. The first-order chi connectivity index (χ1) is 8.19. The second-order valence-electron chi connectivity index (χ2n) is 3.26. The predicted molar refractivity (Wildman–Crippen MR) is 62.1 cm³/mol. The lowest BCUT2D eigenvalue weighted by atomic mass is 10.1. The molecule has 0 aromatic heterocycles. The molecular formula is C13H13FO3. The number of benzene rings is 1. The number of ether oxygens (including phenoxy) is 1. The van der Waals surface area contributed by atoms with Crippen molar-refractivity contribution in [3.05, 3.63) is 41.2 Å². The number of carbonyl (C=O) groups excluding carboxylic acids is 2. The Bertz CT molecular complexity index is 438. The minimum Gasteiger partial charge on any atom is -0.462 e. The number of halogens is 1. The van der Waals surface area contributed by atoms with E-state index in [-0.39, 0.29) is 18.6 Å². The Labute approximate surface area is 98.9 Å². The lowest BCUT2D eigenvalue weighted by Gasteiger charge is -2.05. The van der Waals surface area contributed by atoms with Crippen molar-refractivity contribution in [2.75, 3.05) is 6.61 Å². The molecule has 1 aromatic rings. The second-order valence-corrected chi connectivity index (χ2v) is 3.26. The van der Waals surface area contributed by atoms with Gasteiger partial charge in [-0.15, -0.1) is 0 Å². The van der Waals surface area contributed by atoms with Gasteiger partial charge in [-0.2, -0.15) is 0 Å². The smallest absolute Gasteiger partial charge is 0.338 e. The highest BCUT2D eigenvalue weighted by molar-refractivity contribution is 5.93. The molecule has 0 heterocycles. The third-order valence-corrected chi connectivity index (χ3v) is 2.04. The van der Waals surface area contributed by atoms with E-state index in [0.717, 1.165) is 6.29 Å². The van der Waals surface area contributed by atoms with Gasteiger partial charge in [0.05, 0.1) is 12.2 Å². The maximum absolute atomic E-state index is 13.1. The molecule has 0 atom stereocenters. The fraction of sp³-hybridized carbons (Fsp3) is 0.231. The molecule has 0 saturated carbocycles. The molecule has 0 spiro atoms. The second kappa shape index (κ2) is 6.58. The highest BCUT2D eigenvalue weighted by atomic mass is 19.1. The monoisotopic (exact) mass is 236 g/mol. The predicted octanol–water partition coefficient (Wildman–Crippen LogP) is 2.60. The number of esters is 1. The first-order valence-electron chi connectivity index (χ1n) is 5.26. The van der Waals surface area contributed by atoms with Crippen LogP contribution in [0, 0.1) is 5.82 Å². The van der Waals surface area contributed by atoms with Crippen LogP contribution in [0.4, 0.5) is 4.39 Å². The quantitative estimate of drug-likeness (QED) is 0.583. The third kappa shape index (κ3) is 3.83. The van der Waals surface area contributed by atoms with Crippen LogP contribution in [0.15, 0.2) is 24.3 Å². The Morgan fingerprint density at radius 3 is 2.88 bits per heavy atom. The van der Waals surface area contributed by atoms with Gasteiger partial charge in [-0.05, 0) is 30.7 Å². The average Bonchev–Trinajstić information content (AvgIpc) is 2.30. The van der Waals surface area contributed by atoms with Gasteiger partial charge >= 0.3 is 5.97 Å². The molecule has 0 bridgehead atoms. The number of hydrogen-bond acceptors (Lipinski definition) is 3. The lowest BCUT2D eigenvalue weighted by molar-refractivity contribution is -0.107. The molecule has 1 aromatic carbocycles. The van der Waals surface area contributed by atoms with E-state index < -0.39 is 11.8 Å². The van der Waals surface area contributed by atoms with Crippen molar-refractivity contribution in [2.24, 2.45) is 0 Å². The van der Waals surface area contributed by atoms with Crippen molar-refractivity contribution in [3.8, 4) is 0 Å². The molecule has 0 aliphatic heterocycles. The fourth-order valence-corrected chi connectivity index (χ4v) is 1.32. The number of allylic oxidation sites excluding steroid dienone is 1. The van der Waals surface area contributed by atoms with Crippen LogP contribution in [0.1, 0.15) is 29.3 Å². The van der Waals surface area contributed by atoms with E-state index in [1.807, 2.05) is 0 Å². The van der Waals surface area contributed by atoms with E-state index in [1.54, 1.807) is 13.0 Å². The molecule has 3 nitrogen and oxygen atoms in total. The lowest BCUT2D eigenvalue weighted by Crippen LogP contribution is -2.06. The summed E-state index contributed by atoms with van der Waals surface area (Å²) >= 11 is 0. The van der Waals surface area contributed by atoms with Crippen molar-refractivity contribution in [2.45, 2.75) is 13.3 Å². The summed E-state index contributed by atoms with van der Waals surface area (Å²) in [6, 6.07) is 3.80. The number of hydrogen-bond donors (Lipinski definition) is 0. The van der Waals surface area contributed by atoms with E-state index >= 15 is 0 Å². The summed E-state index contributed by atoms with van der Waals surface area (Å²) in [5.41, 5.74) is 0.695. The van der Waals surface area contributed by atoms with Crippen LogP contribution in [-0.2, 0) is 9.53 Å². The third-order valence-electron chi connectivity index (χ3n) is 2.04. The van der Waals surface area contributed by atoms with Crippen LogP contribution < -0.4 is 0 Å². The van der Waals surface area contributed by atoms with Gasteiger partial charge in [0, 0.05) is 6.42 Å². The van der Waals surface area contributed by atoms with E-state index in [4.69, 9.17) is 4.74 Å². The maximum Gasteiger partial charge on any atom is 0.338 e. The summed E-state index contributed by atoms with van der Waals surface area (Å²) in [6.45, 7) is 1.96. The minimum atomic E-state index is -0.502. The topological polar surface area (TPSA) is 43.4 Å². The van der Waals surface area contributed by atoms with E-state index in [9.17, 15) is 14.0 Å². The van der Waals surface area contributed by atoms with Crippen LogP contribution in [0.2, 0.25) is 0 Å². The number of aldehydes is 1. The summed E-state index contributed by atoms with van der Waals surface area (Å²) in [4.78, 5) is 21.7. The highest BCUT2D eigenvalue weighted by Crippen LogP contribution is 2.14. The molecular weight excluding hydrogens is 223 g/mol. The SMILES string of the molecule is CCOC(=O)c1ccc(F)cc1C=CCC=O. The van der Waals surface area contributed by atoms with Gasteiger partial charge in [0.1, 0.15) is 12.1 Å². The van der Waals surface area contributed by atoms with E-state index in [0.29, 0.717) is 5.56 Å². The first-order valence-corrected chi connectivity index (χ1v) is 5.26. The normalized spacial score (nSPS) is 10.5. The Balaban J connectivity index is 3.03. The average molecular weight is 236 g/mol. The summed E-state index contributed by atoms with van der Waals surface area (Å²) in [7, 11) is 0. The van der Waals surface area contributed by atoms with Crippen LogP contribution in [0.3, 0.4) is 0 Å². The highest BCUT2D eigenvalue weighted by Gasteiger charge is 2.11. The van der Waals surface area contributed by atoms with Crippen molar-refractivity contribution >= 4 is 18.3 Å². The number of carbonyl (C=O) groups is 2. The largest absolute Gasteiger partial charge is 0.462 e. The van der Waals surface area contributed by atoms with Gasteiger partial charge in [-0.1, -0.05) is 12.2 Å². The van der Waals surface area contributed by atoms with Crippen LogP contribution in [-0.4, -0.2) is 18.9 Å². The molecule has 90 valence electrons. The molecule has 0 radical (unpaired) electrons. The molecule has 0 aliphatic carbocycles. The molecule has 17 heavy (non-hydrogen) atoms. The molecule has 0 fully saturated rings. The van der Waals surface area contributed by atoms with Crippen molar-refractivity contribution in [3.63, 3.8) is 0 Å². The Hall–Kier alpha value is -1.97. The molecule has 0 aliphatic rings. The van der Waals surface area contributed by atoms with Crippen LogP contribution in [0.25, 0.3) is 6.08 Å². The zero-order valence-corrected chi connectivity index (χ0v) is 9.48. The zero-order chi connectivity index (χ0) is 12.7. The van der Waals surface area contributed by atoms with E-state index in [1.165, 1.54) is 24.3 Å². The van der Waals surface area contributed by atoms with Crippen molar-refractivity contribution in [1.29, 1.82) is 0 Å². The van der Waals surface area contributed by atoms with Crippen LogP contribution >= 0.6 is 0 Å². The number of rotatable bonds is 5. The molecule has 1 rings (SSSR count). The van der Waals surface area contributed by atoms with Gasteiger partial charge in [0.2, 0.25) is 0 Å². The van der Waals surface area contributed by atoms with Crippen molar-refractivity contribution < 1.29 is 18.7 Å². The molecule has 0 amide bonds. The molecule has 4 heteroatoms. The maximum atomic E-state index is 13.1. The summed E-state index contributed by atoms with van der Waals surface area (Å²) in [6.07, 6.45) is 4.03. The van der Waals surface area contributed by atoms with Gasteiger partial charge in [0.15, 0.2) is 0 Å². The first kappa shape index (κ1) is 13.1. The van der Waals surface area contributed by atoms with Gasteiger partial charge in [-0.3, -0.25) is 0 Å². The summed E-state index contributed by atoms with van der Waals surface area (Å²) in [5, 5.41) is 0. The Morgan fingerprint density at radius 2 is 2.24 bits per heavy atom. The zero-order valence-electron chi connectivity index (χ0n) is 9.48. The molecule has 0 unspecified atom stereocenters. The molecule has 0 N–H and O–H groups in total. The van der Waals surface area contributed by atoms with E-state index in [2.05, 4.69) is 0 Å². The van der Waals surface area contributed by atoms with Crippen molar-refractivity contribution in [1.82, 2.24) is 0 Å². The Kier molecular flexibility index (Phi) is 5.07. The summed E-state index contributed by atoms with van der Waals surface area (Å²) in [5.74, 6) is -0.943.